The van der Waals surface area contributed by atoms with E-state index in [1.54, 1.807) is 7.11 Å². The van der Waals surface area contributed by atoms with Crippen molar-refractivity contribution >= 4 is 45.1 Å². The second-order valence-corrected chi connectivity index (χ2v) is 8.57. The van der Waals surface area contributed by atoms with Crippen molar-refractivity contribution in [3.63, 3.8) is 0 Å². The molecule has 30 heavy (non-hydrogen) atoms. The van der Waals surface area contributed by atoms with E-state index < -0.39 is 0 Å². The van der Waals surface area contributed by atoms with Gasteiger partial charge in [-0.25, -0.2) is 0 Å². The molecular weight excluding hydrogens is 422 g/mol. The van der Waals surface area contributed by atoms with Crippen molar-refractivity contribution in [2.45, 2.75) is 32.0 Å². The molecule has 154 valence electrons. The molecule has 3 heterocycles. The molecule has 0 bridgehead atoms. The van der Waals surface area contributed by atoms with Gasteiger partial charge in [0, 0.05) is 24.7 Å². The van der Waals surface area contributed by atoms with Crippen molar-refractivity contribution in [3.8, 4) is 16.9 Å². The first-order valence-corrected chi connectivity index (χ1v) is 10.6. The van der Waals surface area contributed by atoms with Crippen LogP contribution in [0.25, 0.3) is 32.2 Å². The van der Waals surface area contributed by atoms with Gasteiger partial charge in [-0.1, -0.05) is 12.1 Å². The summed E-state index contributed by atoms with van der Waals surface area (Å²) < 4.78 is 10.8. The molecule has 0 unspecified atom stereocenters. The fourth-order valence-electron chi connectivity index (χ4n) is 4.47. The number of pyridine rings is 1. The molecule has 2 aromatic heterocycles. The Bertz CT molecular complexity index is 1430. The van der Waals surface area contributed by atoms with E-state index in [9.17, 15) is 9.59 Å². The first-order chi connectivity index (χ1) is 14.2. The van der Waals surface area contributed by atoms with Crippen LogP contribution in [0.3, 0.4) is 0 Å². The molecule has 1 aliphatic heterocycles. The van der Waals surface area contributed by atoms with Gasteiger partial charge in [0.15, 0.2) is 5.75 Å². The van der Waals surface area contributed by atoms with Crippen LogP contribution in [-0.4, -0.2) is 16.1 Å². The SMILES string of the molecule is COc1c(-c2ccc3c(c2)CNC3)ccc2c(=O)c3c(=O)[nH]sc3n(C3CC3)c12.Cl. The van der Waals surface area contributed by atoms with Crippen LogP contribution < -0.4 is 21.0 Å². The molecule has 1 fully saturated rings. The fourth-order valence-corrected chi connectivity index (χ4v) is 5.39. The highest BCUT2D eigenvalue weighted by molar-refractivity contribution is 7.12. The maximum absolute atomic E-state index is 13.1. The molecule has 0 radical (unpaired) electrons. The molecule has 0 amide bonds. The van der Waals surface area contributed by atoms with Gasteiger partial charge in [0.2, 0.25) is 5.43 Å². The summed E-state index contributed by atoms with van der Waals surface area (Å²) in [4.78, 5) is 26.1. The zero-order chi connectivity index (χ0) is 19.7. The quantitative estimate of drug-likeness (QED) is 0.505. The number of benzene rings is 2. The van der Waals surface area contributed by atoms with Crippen molar-refractivity contribution in [1.29, 1.82) is 0 Å². The molecule has 8 heteroatoms. The van der Waals surface area contributed by atoms with E-state index in [0.717, 1.165) is 42.6 Å². The van der Waals surface area contributed by atoms with Crippen molar-refractivity contribution in [3.05, 3.63) is 62.0 Å². The van der Waals surface area contributed by atoms with Gasteiger partial charge in [-0.05, 0) is 59.3 Å². The minimum absolute atomic E-state index is 0. The normalized spacial score (nSPS) is 15.4. The fraction of sp³-hybridized carbons (Fsp3) is 0.273. The molecule has 2 aromatic carbocycles. The summed E-state index contributed by atoms with van der Waals surface area (Å²) in [6, 6.07) is 10.5. The highest BCUT2D eigenvalue weighted by Crippen LogP contribution is 2.44. The zero-order valence-corrected chi connectivity index (χ0v) is 17.9. The molecule has 1 saturated carbocycles. The van der Waals surface area contributed by atoms with Gasteiger partial charge in [-0.15, -0.1) is 12.4 Å². The smallest absolute Gasteiger partial charge is 0.271 e. The topological polar surface area (TPSA) is 76.1 Å². The Hall–Kier alpha value is -2.61. The van der Waals surface area contributed by atoms with Gasteiger partial charge in [-0.2, -0.15) is 0 Å². The maximum atomic E-state index is 13.1. The Labute approximate surface area is 182 Å². The molecular formula is C22H20ClN3O3S. The van der Waals surface area contributed by atoms with E-state index in [2.05, 4.69) is 32.5 Å². The van der Waals surface area contributed by atoms with Crippen LogP contribution in [0.2, 0.25) is 0 Å². The molecule has 2 N–H and O–H groups in total. The monoisotopic (exact) mass is 441 g/mol. The Kier molecular flexibility index (Phi) is 4.50. The molecule has 0 saturated heterocycles. The van der Waals surface area contributed by atoms with Gasteiger partial charge < -0.3 is 14.6 Å². The third-order valence-electron chi connectivity index (χ3n) is 6.01. The van der Waals surface area contributed by atoms with Crippen molar-refractivity contribution in [1.82, 2.24) is 14.3 Å². The van der Waals surface area contributed by atoms with E-state index in [4.69, 9.17) is 4.74 Å². The Morgan fingerprint density at radius 1 is 1.10 bits per heavy atom. The van der Waals surface area contributed by atoms with Crippen LogP contribution >= 0.6 is 23.9 Å². The minimum atomic E-state index is -0.305. The average molecular weight is 442 g/mol. The number of nitrogens with zero attached hydrogens (tertiary/aromatic N) is 1. The summed E-state index contributed by atoms with van der Waals surface area (Å²) in [7, 11) is 1.65. The molecule has 1 aliphatic carbocycles. The molecule has 0 spiro atoms. The lowest BCUT2D eigenvalue weighted by Crippen LogP contribution is -2.15. The van der Waals surface area contributed by atoms with Gasteiger partial charge in [0.05, 0.1) is 18.0 Å². The molecule has 2 aliphatic rings. The number of hydrogen-bond acceptors (Lipinski definition) is 5. The molecule has 4 aromatic rings. The van der Waals surface area contributed by atoms with Crippen molar-refractivity contribution in [2.24, 2.45) is 0 Å². The number of H-pyrrole nitrogens is 1. The Morgan fingerprint density at radius 3 is 2.67 bits per heavy atom. The number of methoxy groups -OCH3 is 1. The number of halogens is 1. The van der Waals surface area contributed by atoms with Crippen LogP contribution in [0.15, 0.2) is 39.9 Å². The van der Waals surface area contributed by atoms with Crippen molar-refractivity contribution < 1.29 is 4.74 Å². The number of aromatic amines is 1. The zero-order valence-electron chi connectivity index (χ0n) is 16.3. The third-order valence-corrected chi connectivity index (χ3v) is 6.89. The van der Waals surface area contributed by atoms with Crippen molar-refractivity contribution in [2.75, 3.05) is 7.11 Å². The van der Waals surface area contributed by atoms with E-state index in [-0.39, 0.29) is 28.8 Å². The third kappa shape index (κ3) is 2.66. The second-order valence-electron chi connectivity index (χ2n) is 7.77. The lowest BCUT2D eigenvalue weighted by atomic mass is 9.98. The van der Waals surface area contributed by atoms with E-state index in [0.29, 0.717) is 22.0 Å². The van der Waals surface area contributed by atoms with Crippen LogP contribution in [0.1, 0.15) is 30.0 Å². The van der Waals surface area contributed by atoms with Gasteiger partial charge >= 0.3 is 0 Å². The summed E-state index contributed by atoms with van der Waals surface area (Å²) >= 11 is 1.24. The minimum Gasteiger partial charge on any atom is -0.494 e. The summed E-state index contributed by atoms with van der Waals surface area (Å²) in [5, 5.41) is 4.17. The standard InChI is InChI=1S/C22H19N3O3S.ClH/c1-28-20-15(11-2-3-12-9-23-10-13(12)8-11)6-7-16-18(20)25(14-4-5-14)22-17(19(16)26)21(27)24-29-22;/h2-3,6-8,14,23H,4-5,9-10H2,1H3,(H,24,27);1H. The molecule has 6 rings (SSSR count). The first kappa shape index (κ1) is 19.4. The van der Waals surface area contributed by atoms with E-state index in [1.807, 2.05) is 12.1 Å². The Morgan fingerprint density at radius 2 is 1.90 bits per heavy atom. The summed E-state index contributed by atoms with van der Waals surface area (Å²) in [5.41, 5.74) is 4.91. The lowest BCUT2D eigenvalue weighted by Gasteiger charge is -2.18. The largest absolute Gasteiger partial charge is 0.494 e. The average Bonchev–Trinajstić information content (AvgIpc) is 3.33. The summed E-state index contributed by atoms with van der Waals surface area (Å²) in [5.74, 6) is 0.695. The number of hydrogen-bond donors (Lipinski definition) is 2. The van der Waals surface area contributed by atoms with Crippen LogP contribution in [0.5, 0.6) is 5.75 Å². The highest BCUT2D eigenvalue weighted by Gasteiger charge is 2.30. The van der Waals surface area contributed by atoms with Gasteiger partial charge in [-0.3, -0.25) is 14.0 Å². The molecule has 0 atom stereocenters. The highest BCUT2D eigenvalue weighted by atomic mass is 35.5. The van der Waals surface area contributed by atoms with Gasteiger partial charge in [0.1, 0.15) is 10.2 Å². The number of nitrogens with one attached hydrogen (secondary N) is 2. The van der Waals surface area contributed by atoms with Crippen LogP contribution in [0.4, 0.5) is 0 Å². The summed E-state index contributed by atoms with van der Waals surface area (Å²) in [6.45, 7) is 1.76. The number of aromatic nitrogens is 2. The van der Waals surface area contributed by atoms with Crippen LogP contribution in [0, 0.1) is 0 Å². The predicted molar refractivity (Wildman–Crippen MR) is 122 cm³/mol. The number of fused-ring (bicyclic) bond motifs is 3. The lowest BCUT2D eigenvalue weighted by molar-refractivity contribution is 0.419. The Balaban J connectivity index is 0.00000193. The summed E-state index contributed by atoms with van der Waals surface area (Å²) in [6.07, 6.45) is 2.08. The molecule has 6 nitrogen and oxygen atoms in total. The van der Waals surface area contributed by atoms with E-state index >= 15 is 0 Å². The van der Waals surface area contributed by atoms with Gasteiger partial charge in [0.25, 0.3) is 5.56 Å². The number of rotatable bonds is 3. The predicted octanol–water partition coefficient (Wildman–Crippen LogP) is 3.94. The second kappa shape index (κ2) is 6.97. The number of ether oxygens (including phenoxy) is 1. The maximum Gasteiger partial charge on any atom is 0.271 e. The van der Waals surface area contributed by atoms with E-state index in [1.165, 1.54) is 22.7 Å². The van der Waals surface area contributed by atoms with Crippen LogP contribution in [-0.2, 0) is 13.1 Å². The first-order valence-electron chi connectivity index (χ1n) is 9.76.